The second kappa shape index (κ2) is 6.24. The van der Waals surface area contributed by atoms with E-state index in [-0.39, 0.29) is 11.8 Å². The summed E-state index contributed by atoms with van der Waals surface area (Å²) in [4.78, 5) is 11.8. The van der Waals surface area contributed by atoms with E-state index in [0.717, 1.165) is 15.2 Å². The first-order chi connectivity index (χ1) is 9.54. The molecule has 0 aliphatic rings. The van der Waals surface area contributed by atoms with Crippen LogP contribution in [0.4, 0.5) is 0 Å². The van der Waals surface area contributed by atoms with Gasteiger partial charge in [-0.3, -0.25) is 10.2 Å². The van der Waals surface area contributed by atoms with E-state index < -0.39 is 6.10 Å². The molecule has 4 nitrogen and oxygen atoms in total. The van der Waals surface area contributed by atoms with E-state index in [1.807, 2.05) is 50.2 Å². The minimum absolute atomic E-state index is 0.0110. The third-order valence-corrected chi connectivity index (χ3v) is 3.91. The largest absolute Gasteiger partial charge is 0.479 e. The molecule has 5 heteroatoms. The summed E-state index contributed by atoms with van der Waals surface area (Å²) in [6.07, 6.45) is -0.627. The Morgan fingerprint density at radius 1 is 1.25 bits per heavy atom. The van der Waals surface area contributed by atoms with Crippen LogP contribution < -0.4 is 16.0 Å². The normalized spacial score (nSPS) is 12.4. The first-order valence-corrected chi connectivity index (χ1v) is 7.18. The van der Waals surface area contributed by atoms with Crippen LogP contribution in [0.2, 0.25) is 0 Å². The number of amides is 1. The van der Waals surface area contributed by atoms with Crippen molar-refractivity contribution in [1.29, 1.82) is 0 Å². The third kappa shape index (κ3) is 2.94. The molecule has 0 radical (unpaired) electrons. The van der Waals surface area contributed by atoms with E-state index in [4.69, 9.17) is 10.6 Å². The van der Waals surface area contributed by atoms with Crippen molar-refractivity contribution in [3.05, 3.63) is 40.9 Å². The average Bonchev–Trinajstić information content (AvgIpc) is 2.46. The van der Waals surface area contributed by atoms with Gasteiger partial charge in [-0.15, -0.1) is 0 Å². The van der Waals surface area contributed by atoms with Gasteiger partial charge in [0.05, 0.1) is 4.47 Å². The van der Waals surface area contributed by atoms with Crippen molar-refractivity contribution in [3.63, 3.8) is 0 Å². The van der Waals surface area contributed by atoms with Gasteiger partial charge in [-0.25, -0.2) is 5.84 Å². The monoisotopic (exact) mass is 336 g/mol. The van der Waals surface area contributed by atoms with Gasteiger partial charge < -0.3 is 4.74 Å². The summed E-state index contributed by atoms with van der Waals surface area (Å²) >= 11 is 3.54. The Kier molecular flexibility index (Phi) is 4.62. The average molecular weight is 337 g/mol. The van der Waals surface area contributed by atoms with Gasteiger partial charge in [0.1, 0.15) is 5.75 Å². The van der Waals surface area contributed by atoms with Crippen LogP contribution in [0.5, 0.6) is 5.75 Å². The van der Waals surface area contributed by atoms with Gasteiger partial charge in [-0.05, 0) is 38.7 Å². The number of rotatable bonds is 4. The molecular formula is C15H17BrN2O2. The van der Waals surface area contributed by atoms with Crippen LogP contribution in [0.1, 0.15) is 13.8 Å². The Labute approximate surface area is 126 Å². The molecule has 0 aromatic heterocycles. The van der Waals surface area contributed by atoms with Gasteiger partial charge in [0.15, 0.2) is 6.10 Å². The van der Waals surface area contributed by atoms with Crippen molar-refractivity contribution in [3.8, 4) is 5.75 Å². The summed E-state index contributed by atoms with van der Waals surface area (Å²) < 4.78 is 6.67. The Morgan fingerprint density at radius 2 is 1.95 bits per heavy atom. The molecule has 2 aromatic carbocycles. The number of carbonyl (C=O) groups excluding carboxylic acids is 1. The van der Waals surface area contributed by atoms with Crippen LogP contribution >= 0.6 is 15.9 Å². The lowest BCUT2D eigenvalue weighted by Gasteiger charge is -2.22. The molecular weight excluding hydrogens is 320 g/mol. The quantitative estimate of drug-likeness (QED) is 0.512. The number of carbonyl (C=O) groups is 1. The highest BCUT2D eigenvalue weighted by Gasteiger charge is 2.24. The Hall–Kier alpha value is -1.59. The summed E-state index contributed by atoms with van der Waals surface area (Å²) in [6.45, 7) is 3.82. The first kappa shape index (κ1) is 14.8. The van der Waals surface area contributed by atoms with Gasteiger partial charge in [0, 0.05) is 0 Å². The molecule has 1 atom stereocenters. The molecule has 0 saturated heterocycles. The number of ether oxygens (including phenoxy) is 1. The predicted molar refractivity (Wildman–Crippen MR) is 83.2 cm³/mol. The lowest BCUT2D eigenvalue weighted by Crippen LogP contribution is -2.44. The van der Waals surface area contributed by atoms with Gasteiger partial charge in [0.25, 0.3) is 5.91 Å². The summed E-state index contributed by atoms with van der Waals surface area (Å²) in [7, 11) is 0. The zero-order valence-corrected chi connectivity index (χ0v) is 13.0. The highest BCUT2D eigenvalue weighted by Crippen LogP contribution is 2.34. The van der Waals surface area contributed by atoms with Crippen molar-refractivity contribution >= 4 is 32.6 Å². The Bertz CT molecular complexity index is 628. The molecule has 2 rings (SSSR count). The smallest absolute Gasteiger partial charge is 0.275 e. The maximum Gasteiger partial charge on any atom is 0.275 e. The fourth-order valence-corrected chi connectivity index (χ4v) is 2.60. The van der Waals surface area contributed by atoms with Gasteiger partial charge >= 0.3 is 0 Å². The summed E-state index contributed by atoms with van der Waals surface area (Å²) in [5.74, 6) is 5.51. The molecule has 0 bridgehead atoms. The number of fused-ring (bicyclic) bond motifs is 1. The Balaban J connectivity index is 2.37. The highest BCUT2D eigenvalue weighted by atomic mass is 79.9. The summed E-state index contributed by atoms with van der Waals surface area (Å²) in [5.41, 5.74) is 2.14. The molecule has 0 fully saturated rings. The zero-order valence-electron chi connectivity index (χ0n) is 11.4. The van der Waals surface area contributed by atoms with Crippen molar-refractivity contribution in [2.75, 3.05) is 0 Å². The zero-order chi connectivity index (χ0) is 14.7. The van der Waals surface area contributed by atoms with Crippen LogP contribution in [0, 0.1) is 5.92 Å². The second-order valence-corrected chi connectivity index (χ2v) is 5.68. The van der Waals surface area contributed by atoms with E-state index in [2.05, 4.69) is 21.4 Å². The molecule has 1 unspecified atom stereocenters. The van der Waals surface area contributed by atoms with Gasteiger partial charge in [-0.1, -0.05) is 44.2 Å². The molecule has 2 aromatic rings. The van der Waals surface area contributed by atoms with E-state index >= 15 is 0 Å². The summed E-state index contributed by atoms with van der Waals surface area (Å²) in [5, 5.41) is 2.15. The molecule has 0 aliphatic carbocycles. The number of hydrazine groups is 1. The molecule has 0 spiro atoms. The molecule has 0 heterocycles. The molecule has 1 amide bonds. The van der Waals surface area contributed by atoms with Crippen LogP contribution in [-0.4, -0.2) is 12.0 Å². The fourth-order valence-electron chi connectivity index (χ4n) is 2.02. The van der Waals surface area contributed by atoms with E-state index in [9.17, 15) is 4.79 Å². The number of hydrogen-bond acceptors (Lipinski definition) is 3. The number of halogens is 1. The third-order valence-electron chi connectivity index (χ3n) is 3.09. The van der Waals surface area contributed by atoms with E-state index in [1.165, 1.54) is 0 Å². The Morgan fingerprint density at radius 3 is 2.60 bits per heavy atom. The SMILES string of the molecule is CC(C)C(Oc1ccc2ccccc2c1Br)C(=O)NN. The van der Waals surface area contributed by atoms with Gasteiger partial charge in [-0.2, -0.15) is 0 Å². The van der Waals surface area contributed by atoms with E-state index in [1.54, 1.807) is 0 Å². The minimum atomic E-state index is -0.627. The first-order valence-electron chi connectivity index (χ1n) is 6.39. The van der Waals surface area contributed by atoms with E-state index in [0.29, 0.717) is 5.75 Å². The van der Waals surface area contributed by atoms with Crippen LogP contribution in [-0.2, 0) is 4.79 Å². The standard InChI is InChI=1S/C15H17BrN2O2/c1-9(2)14(15(19)18-17)20-12-8-7-10-5-3-4-6-11(10)13(12)16/h3-9,14H,17H2,1-2H3,(H,18,19). The van der Waals surface area contributed by atoms with Crippen molar-refractivity contribution in [1.82, 2.24) is 5.43 Å². The topological polar surface area (TPSA) is 64.3 Å². The number of benzene rings is 2. The number of nitrogens with two attached hydrogens (primary N) is 1. The minimum Gasteiger partial charge on any atom is -0.479 e. The maximum absolute atomic E-state index is 11.8. The molecule has 106 valence electrons. The van der Waals surface area contributed by atoms with Crippen molar-refractivity contribution < 1.29 is 9.53 Å². The second-order valence-electron chi connectivity index (χ2n) is 4.89. The van der Waals surface area contributed by atoms with Crippen molar-refractivity contribution in [2.24, 2.45) is 11.8 Å². The molecule has 3 N–H and O–H groups in total. The van der Waals surface area contributed by atoms with Crippen LogP contribution in [0.3, 0.4) is 0 Å². The van der Waals surface area contributed by atoms with Gasteiger partial charge in [0.2, 0.25) is 0 Å². The fraction of sp³-hybridized carbons (Fsp3) is 0.267. The highest BCUT2D eigenvalue weighted by molar-refractivity contribution is 9.10. The summed E-state index contributed by atoms with van der Waals surface area (Å²) in [6, 6.07) is 11.8. The lowest BCUT2D eigenvalue weighted by molar-refractivity contribution is -0.129. The molecule has 20 heavy (non-hydrogen) atoms. The lowest BCUT2D eigenvalue weighted by atomic mass is 10.1. The molecule has 0 aliphatic heterocycles. The van der Waals surface area contributed by atoms with Crippen LogP contribution in [0.15, 0.2) is 40.9 Å². The number of nitrogens with one attached hydrogen (secondary N) is 1. The maximum atomic E-state index is 11.8. The predicted octanol–water partition coefficient (Wildman–Crippen LogP) is 3.00. The molecule has 0 saturated carbocycles. The number of hydrogen-bond donors (Lipinski definition) is 2. The van der Waals surface area contributed by atoms with Crippen molar-refractivity contribution in [2.45, 2.75) is 20.0 Å². The van der Waals surface area contributed by atoms with Crippen LogP contribution in [0.25, 0.3) is 10.8 Å².